The Labute approximate surface area is 167 Å². The summed E-state index contributed by atoms with van der Waals surface area (Å²) in [7, 11) is 1.52. The standard InChI is InChI=1S/C19H24FN5O4/c1-11(26)17(12-3-5-13(20)6-4-12)25-19(27)24-16-9-15(21)14(10-23-16)18(22)29-8-7-28-2/h3-6,9-11,17,22,26H,7-8H2,1-2H3,(H4,21,23,24,25,27)/t11-,17+/m0/s1. The smallest absolute Gasteiger partial charge is 0.320 e. The van der Waals surface area contributed by atoms with Crippen LogP contribution in [0.25, 0.3) is 0 Å². The predicted molar refractivity (Wildman–Crippen MR) is 106 cm³/mol. The fourth-order valence-corrected chi connectivity index (χ4v) is 2.48. The summed E-state index contributed by atoms with van der Waals surface area (Å²) in [6.07, 6.45) is 0.392. The van der Waals surface area contributed by atoms with E-state index in [0.29, 0.717) is 12.2 Å². The van der Waals surface area contributed by atoms with Crippen molar-refractivity contribution in [3.63, 3.8) is 0 Å². The predicted octanol–water partition coefficient (Wildman–Crippen LogP) is 2.03. The van der Waals surface area contributed by atoms with Gasteiger partial charge in [0.1, 0.15) is 18.2 Å². The molecule has 9 nitrogen and oxygen atoms in total. The maximum Gasteiger partial charge on any atom is 0.320 e. The average Bonchev–Trinajstić information content (AvgIpc) is 2.67. The van der Waals surface area contributed by atoms with Crippen LogP contribution >= 0.6 is 0 Å². The zero-order valence-electron chi connectivity index (χ0n) is 16.1. The second-order valence-electron chi connectivity index (χ2n) is 6.20. The Morgan fingerprint density at radius 3 is 2.62 bits per heavy atom. The number of nitrogens with two attached hydrogens (primary N) is 1. The molecular weight excluding hydrogens is 381 g/mol. The monoisotopic (exact) mass is 405 g/mol. The lowest BCUT2D eigenvalue weighted by Gasteiger charge is -2.22. The summed E-state index contributed by atoms with van der Waals surface area (Å²) < 4.78 is 23.1. The summed E-state index contributed by atoms with van der Waals surface area (Å²) in [5, 5.41) is 22.9. The summed E-state index contributed by atoms with van der Waals surface area (Å²) >= 11 is 0. The molecule has 0 fully saturated rings. The van der Waals surface area contributed by atoms with Gasteiger partial charge in [0, 0.05) is 25.1 Å². The Morgan fingerprint density at radius 2 is 2.03 bits per heavy atom. The lowest BCUT2D eigenvalue weighted by molar-refractivity contribution is 0.141. The van der Waals surface area contributed by atoms with Gasteiger partial charge in [-0.3, -0.25) is 10.7 Å². The molecule has 156 valence electrons. The van der Waals surface area contributed by atoms with Gasteiger partial charge in [-0.15, -0.1) is 0 Å². The second-order valence-corrected chi connectivity index (χ2v) is 6.20. The van der Waals surface area contributed by atoms with Crippen molar-refractivity contribution in [1.82, 2.24) is 10.3 Å². The van der Waals surface area contributed by atoms with E-state index in [0.717, 1.165) is 0 Å². The molecule has 2 amide bonds. The number of rotatable bonds is 8. The Hall–Kier alpha value is -3.24. The van der Waals surface area contributed by atoms with Gasteiger partial charge in [0.2, 0.25) is 5.90 Å². The van der Waals surface area contributed by atoms with E-state index in [9.17, 15) is 14.3 Å². The van der Waals surface area contributed by atoms with Crippen molar-refractivity contribution in [2.24, 2.45) is 0 Å². The number of hydrogen-bond acceptors (Lipinski definition) is 7. The first-order valence-corrected chi connectivity index (χ1v) is 8.79. The van der Waals surface area contributed by atoms with E-state index in [4.69, 9.17) is 20.6 Å². The van der Waals surface area contributed by atoms with Crippen molar-refractivity contribution < 1.29 is 23.8 Å². The maximum absolute atomic E-state index is 13.1. The molecule has 6 N–H and O–H groups in total. The lowest BCUT2D eigenvalue weighted by Crippen LogP contribution is -2.38. The zero-order valence-corrected chi connectivity index (χ0v) is 16.1. The average molecular weight is 405 g/mol. The largest absolute Gasteiger partial charge is 0.475 e. The van der Waals surface area contributed by atoms with Crippen molar-refractivity contribution >= 4 is 23.4 Å². The SMILES string of the molecule is COCCOC(=N)c1cnc(NC(=O)N[C@@H](c2ccc(F)cc2)[C@H](C)O)cc1N. The van der Waals surface area contributed by atoms with E-state index in [1.807, 2.05) is 0 Å². The zero-order chi connectivity index (χ0) is 21.4. The number of nitrogen functional groups attached to an aromatic ring is 1. The first-order chi connectivity index (χ1) is 13.8. The van der Waals surface area contributed by atoms with Gasteiger partial charge < -0.3 is 25.6 Å². The normalized spacial score (nSPS) is 12.7. The molecule has 0 bridgehead atoms. The number of nitrogens with zero attached hydrogens (tertiary/aromatic N) is 1. The number of urea groups is 1. The second kappa shape index (κ2) is 10.3. The number of aromatic nitrogens is 1. The van der Waals surface area contributed by atoms with E-state index in [2.05, 4.69) is 15.6 Å². The number of hydrogen-bond donors (Lipinski definition) is 5. The van der Waals surface area contributed by atoms with Crippen LogP contribution in [0.2, 0.25) is 0 Å². The van der Waals surface area contributed by atoms with Crippen LogP contribution < -0.4 is 16.4 Å². The quantitative estimate of drug-likeness (QED) is 0.258. The minimum Gasteiger partial charge on any atom is -0.475 e. The van der Waals surface area contributed by atoms with Gasteiger partial charge >= 0.3 is 6.03 Å². The van der Waals surface area contributed by atoms with Crippen LogP contribution in [0.15, 0.2) is 36.5 Å². The Balaban J connectivity index is 2.03. The van der Waals surface area contributed by atoms with Gasteiger partial charge in [0.15, 0.2) is 0 Å². The highest BCUT2D eigenvalue weighted by atomic mass is 19.1. The molecule has 0 radical (unpaired) electrons. The highest BCUT2D eigenvalue weighted by Crippen LogP contribution is 2.19. The summed E-state index contributed by atoms with van der Waals surface area (Å²) in [4.78, 5) is 16.4. The summed E-state index contributed by atoms with van der Waals surface area (Å²) in [6, 6.07) is 5.45. The Bertz CT molecular complexity index is 845. The third-order valence-corrected chi connectivity index (χ3v) is 3.95. The van der Waals surface area contributed by atoms with Crippen molar-refractivity contribution in [1.29, 1.82) is 5.41 Å². The van der Waals surface area contributed by atoms with Crippen LogP contribution in [0, 0.1) is 11.2 Å². The number of pyridine rings is 1. The number of aliphatic hydroxyl groups is 1. The molecule has 0 aliphatic rings. The molecule has 2 rings (SSSR count). The number of carbonyl (C=O) groups is 1. The van der Waals surface area contributed by atoms with Gasteiger partial charge in [-0.05, 0) is 24.6 Å². The molecule has 0 unspecified atom stereocenters. The highest BCUT2D eigenvalue weighted by molar-refractivity contribution is 5.97. The topological polar surface area (TPSA) is 143 Å². The summed E-state index contributed by atoms with van der Waals surface area (Å²) in [5.74, 6) is -0.426. The fraction of sp³-hybridized carbons (Fsp3) is 0.316. The first kappa shape index (κ1) is 22.1. The molecule has 0 saturated carbocycles. The molecular formula is C19H24FN5O4. The Kier molecular flexibility index (Phi) is 7.87. The number of ether oxygens (including phenoxy) is 2. The number of aliphatic hydroxyl groups excluding tert-OH is 1. The van der Waals surface area contributed by atoms with E-state index in [1.54, 1.807) is 0 Å². The molecule has 0 aliphatic heterocycles. The molecule has 0 aliphatic carbocycles. The van der Waals surface area contributed by atoms with Gasteiger partial charge in [-0.25, -0.2) is 14.2 Å². The molecule has 10 heteroatoms. The van der Waals surface area contributed by atoms with E-state index >= 15 is 0 Å². The summed E-state index contributed by atoms with van der Waals surface area (Å²) in [6.45, 7) is 2.03. The van der Waals surface area contributed by atoms with Gasteiger partial charge in [0.25, 0.3) is 0 Å². The van der Waals surface area contributed by atoms with Crippen LogP contribution in [0.1, 0.15) is 24.1 Å². The van der Waals surface area contributed by atoms with Gasteiger partial charge in [-0.1, -0.05) is 12.1 Å². The van der Waals surface area contributed by atoms with E-state index < -0.39 is 24.0 Å². The molecule has 0 saturated heterocycles. The fourth-order valence-electron chi connectivity index (χ4n) is 2.48. The Morgan fingerprint density at radius 1 is 1.34 bits per heavy atom. The maximum atomic E-state index is 13.1. The first-order valence-electron chi connectivity index (χ1n) is 8.79. The molecule has 0 spiro atoms. The van der Waals surface area contributed by atoms with Crippen molar-refractivity contribution in [2.75, 3.05) is 31.4 Å². The molecule has 29 heavy (non-hydrogen) atoms. The van der Waals surface area contributed by atoms with Crippen LogP contribution in [-0.4, -0.2) is 48.4 Å². The van der Waals surface area contributed by atoms with Crippen LogP contribution in [-0.2, 0) is 9.47 Å². The minimum atomic E-state index is -0.920. The minimum absolute atomic E-state index is 0.150. The van der Waals surface area contributed by atoms with Crippen LogP contribution in [0.4, 0.5) is 20.7 Å². The van der Waals surface area contributed by atoms with E-state index in [1.165, 1.54) is 50.6 Å². The number of nitrogens with one attached hydrogen (secondary N) is 3. The number of amides is 2. The van der Waals surface area contributed by atoms with Crippen molar-refractivity contribution in [3.8, 4) is 0 Å². The molecule has 2 aromatic rings. The number of halogens is 1. The number of methoxy groups -OCH3 is 1. The molecule has 1 aromatic heterocycles. The number of benzene rings is 1. The number of carbonyl (C=O) groups excluding carboxylic acids is 1. The van der Waals surface area contributed by atoms with Crippen LogP contribution in [0.5, 0.6) is 0 Å². The van der Waals surface area contributed by atoms with Crippen molar-refractivity contribution in [3.05, 3.63) is 53.5 Å². The van der Waals surface area contributed by atoms with E-state index in [-0.39, 0.29) is 29.6 Å². The molecule has 1 aromatic carbocycles. The highest BCUT2D eigenvalue weighted by Gasteiger charge is 2.20. The molecule has 1 heterocycles. The van der Waals surface area contributed by atoms with Gasteiger partial charge in [-0.2, -0.15) is 0 Å². The lowest BCUT2D eigenvalue weighted by atomic mass is 10.0. The number of anilines is 2. The third-order valence-electron chi connectivity index (χ3n) is 3.95. The van der Waals surface area contributed by atoms with Crippen molar-refractivity contribution in [2.45, 2.75) is 19.1 Å². The van der Waals surface area contributed by atoms with Gasteiger partial charge in [0.05, 0.1) is 24.3 Å². The summed E-state index contributed by atoms with van der Waals surface area (Å²) in [5.41, 5.74) is 6.94. The third kappa shape index (κ3) is 6.40. The van der Waals surface area contributed by atoms with Crippen LogP contribution in [0.3, 0.4) is 0 Å². The molecule has 2 atom stereocenters.